The smallest absolute Gasteiger partial charge is 0.261 e. The molecular weight excluding hydrogens is 336 g/mol. The van der Waals surface area contributed by atoms with Crippen molar-refractivity contribution < 1.29 is 14.6 Å². The number of nitrogens with one attached hydrogen (secondary N) is 2. The Balaban J connectivity index is 1.79. The van der Waals surface area contributed by atoms with Crippen molar-refractivity contribution in [2.75, 3.05) is 12.4 Å². The van der Waals surface area contributed by atoms with Gasteiger partial charge in [-0.2, -0.15) is 0 Å². The van der Waals surface area contributed by atoms with Crippen molar-refractivity contribution in [1.29, 1.82) is 0 Å². The van der Waals surface area contributed by atoms with Crippen LogP contribution in [0.25, 0.3) is 10.8 Å². The van der Waals surface area contributed by atoms with Gasteiger partial charge >= 0.3 is 0 Å². The average Bonchev–Trinajstić information content (AvgIpc) is 2.62. The number of hydrogen-bond acceptors (Lipinski definition) is 4. The van der Waals surface area contributed by atoms with Gasteiger partial charge in [0.15, 0.2) is 5.11 Å². The van der Waals surface area contributed by atoms with Crippen LogP contribution in [-0.2, 0) is 0 Å². The van der Waals surface area contributed by atoms with Gasteiger partial charge in [0.1, 0.15) is 11.5 Å². The van der Waals surface area contributed by atoms with Gasteiger partial charge in [-0.1, -0.05) is 36.4 Å². The molecule has 5 nitrogen and oxygen atoms in total. The Morgan fingerprint density at radius 2 is 1.72 bits per heavy atom. The van der Waals surface area contributed by atoms with E-state index >= 15 is 0 Å². The van der Waals surface area contributed by atoms with Crippen molar-refractivity contribution in [3.8, 4) is 11.5 Å². The summed E-state index contributed by atoms with van der Waals surface area (Å²) in [5.41, 5.74) is 1.09. The maximum absolute atomic E-state index is 12.4. The first-order valence-electron chi connectivity index (χ1n) is 7.56. The molecule has 0 aromatic heterocycles. The lowest BCUT2D eigenvalue weighted by Gasteiger charge is -2.13. The van der Waals surface area contributed by atoms with Crippen LogP contribution in [-0.4, -0.2) is 23.2 Å². The fourth-order valence-corrected chi connectivity index (χ4v) is 2.76. The highest BCUT2D eigenvalue weighted by atomic mass is 32.1. The largest absolute Gasteiger partial charge is 0.507 e. The Labute approximate surface area is 150 Å². The zero-order chi connectivity index (χ0) is 17.8. The van der Waals surface area contributed by atoms with E-state index in [4.69, 9.17) is 17.0 Å². The van der Waals surface area contributed by atoms with Crippen LogP contribution in [0, 0.1) is 0 Å². The fourth-order valence-electron chi connectivity index (χ4n) is 2.56. The van der Waals surface area contributed by atoms with Gasteiger partial charge in [0.05, 0.1) is 12.7 Å². The predicted molar refractivity (Wildman–Crippen MR) is 102 cm³/mol. The molecule has 126 valence electrons. The minimum Gasteiger partial charge on any atom is -0.507 e. The number of hydrogen-bond donors (Lipinski definition) is 3. The molecule has 0 saturated carbocycles. The molecule has 3 N–H and O–H groups in total. The third kappa shape index (κ3) is 3.54. The van der Waals surface area contributed by atoms with Crippen molar-refractivity contribution in [3.05, 3.63) is 66.2 Å². The van der Waals surface area contributed by atoms with Crippen LogP contribution in [0.1, 0.15) is 10.4 Å². The molecule has 3 rings (SSSR count). The number of rotatable bonds is 3. The highest BCUT2D eigenvalue weighted by Crippen LogP contribution is 2.29. The van der Waals surface area contributed by atoms with Gasteiger partial charge in [0.2, 0.25) is 0 Å². The molecule has 6 heteroatoms. The average molecular weight is 352 g/mol. The molecule has 0 radical (unpaired) electrons. The molecule has 25 heavy (non-hydrogen) atoms. The van der Waals surface area contributed by atoms with Gasteiger partial charge < -0.3 is 15.2 Å². The monoisotopic (exact) mass is 352 g/mol. The van der Waals surface area contributed by atoms with E-state index in [2.05, 4.69) is 10.6 Å². The predicted octanol–water partition coefficient (Wildman–Crippen LogP) is 3.68. The molecule has 0 unspecified atom stereocenters. The lowest BCUT2D eigenvalue weighted by molar-refractivity contribution is 0.0975. The van der Waals surface area contributed by atoms with Crippen molar-refractivity contribution >= 4 is 39.7 Å². The molecule has 0 aliphatic carbocycles. The van der Waals surface area contributed by atoms with Crippen molar-refractivity contribution in [1.82, 2.24) is 5.32 Å². The molecular formula is C19H16N2O3S. The Morgan fingerprint density at radius 1 is 1.00 bits per heavy atom. The quantitative estimate of drug-likeness (QED) is 0.627. The Hall–Kier alpha value is -3.12. The lowest BCUT2D eigenvalue weighted by Crippen LogP contribution is -2.34. The number of aromatic hydroxyl groups is 1. The minimum absolute atomic E-state index is 0.159. The number of carbonyl (C=O) groups is 1. The fraction of sp³-hybridized carbons (Fsp3) is 0.0526. The van der Waals surface area contributed by atoms with E-state index < -0.39 is 0 Å². The number of para-hydroxylation sites is 1. The Bertz CT molecular complexity index is 956. The topological polar surface area (TPSA) is 70.6 Å². The third-order valence-corrected chi connectivity index (χ3v) is 3.93. The van der Waals surface area contributed by atoms with E-state index in [-0.39, 0.29) is 16.8 Å². The maximum atomic E-state index is 12.4. The SMILES string of the molecule is COc1ccccc1C(=O)NC(=S)Nc1cccc2c(O)cccc12. The first-order valence-corrected chi connectivity index (χ1v) is 7.97. The summed E-state index contributed by atoms with van der Waals surface area (Å²) in [4.78, 5) is 12.4. The summed E-state index contributed by atoms with van der Waals surface area (Å²) in [6.45, 7) is 0. The molecule has 3 aromatic carbocycles. The summed E-state index contributed by atoms with van der Waals surface area (Å²) in [6.07, 6.45) is 0. The number of phenolic OH excluding ortho intramolecular Hbond substituents is 1. The number of benzene rings is 3. The zero-order valence-corrected chi connectivity index (χ0v) is 14.3. The molecule has 3 aromatic rings. The molecule has 0 aliphatic heterocycles. The minimum atomic E-state index is -0.363. The lowest BCUT2D eigenvalue weighted by atomic mass is 10.1. The van der Waals surface area contributed by atoms with Gasteiger partial charge in [0, 0.05) is 16.5 Å². The number of fused-ring (bicyclic) bond motifs is 1. The molecule has 0 fully saturated rings. The molecule has 0 heterocycles. The maximum Gasteiger partial charge on any atom is 0.261 e. The molecule has 0 atom stereocenters. The van der Waals surface area contributed by atoms with Crippen molar-refractivity contribution in [2.45, 2.75) is 0 Å². The van der Waals surface area contributed by atoms with Gasteiger partial charge in [0.25, 0.3) is 5.91 Å². The summed E-state index contributed by atoms with van der Waals surface area (Å²) in [5.74, 6) is 0.293. The van der Waals surface area contributed by atoms with Crippen LogP contribution >= 0.6 is 12.2 Å². The molecule has 0 spiro atoms. The van der Waals surface area contributed by atoms with Gasteiger partial charge in [-0.25, -0.2) is 0 Å². The molecule has 0 bridgehead atoms. The van der Waals surface area contributed by atoms with E-state index in [9.17, 15) is 9.90 Å². The van der Waals surface area contributed by atoms with Crippen LogP contribution in [0.15, 0.2) is 60.7 Å². The van der Waals surface area contributed by atoms with Crippen molar-refractivity contribution in [3.63, 3.8) is 0 Å². The van der Waals surface area contributed by atoms with Crippen LogP contribution < -0.4 is 15.4 Å². The molecule has 1 amide bonds. The third-order valence-electron chi connectivity index (χ3n) is 3.73. The Kier molecular flexibility index (Phi) is 4.81. The van der Waals surface area contributed by atoms with Gasteiger partial charge in [-0.05, 0) is 36.5 Å². The number of phenols is 1. The second-order valence-electron chi connectivity index (χ2n) is 5.29. The van der Waals surface area contributed by atoms with E-state index in [0.717, 1.165) is 5.39 Å². The second-order valence-corrected chi connectivity index (χ2v) is 5.69. The number of carbonyl (C=O) groups excluding carboxylic acids is 1. The normalized spacial score (nSPS) is 10.3. The first-order chi connectivity index (χ1) is 12.1. The first kappa shape index (κ1) is 16.7. The molecule has 0 aliphatic rings. The van der Waals surface area contributed by atoms with Crippen LogP contribution in [0.4, 0.5) is 5.69 Å². The number of amides is 1. The molecule has 0 saturated heterocycles. The van der Waals surface area contributed by atoms with Gasteiger partial charge in [-0.3, -0.25) is 10.1 Å². The van der Waals surface area contributed by atoms with Crippen LogP contribution in [0.5, 0.6) is 11.5 Å². The van der Waals surface area contributed by atoms with E-state index in [0.29, 0.717) is 22.4 Å². The zero-order valence-electron chi connectivity index (χ0n) is 13.4. The van der Waals surface area contributed by atoms with Crippen LogP contribution in [0.2, 0.25) is 0 Å². The highest BCUT2D eigenvalue weighted by molar-refractivity contribution is 7.80. The summed E-state index contributed by atoms with van der Waals surface area (Å²) in [6, 6.07) is 17.6. The van der Waals surface area contributed by atoms with E-state index in [1.807, 2.05) is 18.2 Å². The van der Waals surface area contributed by atoms with Gasteiger partial charge in [-0.15, -0.1) is 0 Å². The number of thiocarbonyl (C=S) groups is 1. The number of ether oxygens (including phenoxy) is 1. The summed E-state index contributed by atoms with van der Waals surface area (Å²) >= 11 is 5.24. The number of anilines is 1. The van der Waals surface area contributed by atoms with Crippen molar-refractivity contribution in [2.24, 2.45) is 0 Å². The highest BCUT2D eigenvalue weighted by Gasteiger charge is 2.13. The summed E-state index contributed by atoms with van der Waals surface area (Å²) in [5, 5.41) is 17.2. The summed E-state index contributed by atoms with van der Waals surface area (Å²) < 4.78 is 5.18. The Morgan fingerprint density at radius 3 is 2.52 bits per heavy atom. The van der Waals surface area contributed by atoms with E-state index in [1.165, 1.54) is 7.11 Å². The second kappa shape index (κ2) is 7.19. The van der Waals surface area contributed by atoms with Crippen LogP contribution in [0.3, 0.4) is 0 Å². The number of methoxy groups -OCH3 is 1. The van der Waals surface area contributed by atoms with E-state index in [1.54, 1.807) is 42.5 Å². The standard InChI is InChI=1S/C19H16N2O3S/c1-24-17-11-3-2-6-14(17)18(23)21-19(25)20-15-9-4-8-13-12(15)7-5-10-16(13)22/h2-11,22H,1H3,(H2,20,21,23,25). The summed E-state index contributed by atoms with van der Waals surface area (Å²) in [7, 11) is 1.51.